The highest BCUT2D eigenvalue weighted by Gasteiger charge is 2.47. The van der Waals surface area contributed by atoms with E-state index in [1.54, 1.807) is 18.2 Å². The van der Waals surface area contributed by atoms with Crippen molar-refractivity contribution in [3.05, 3.63) is 70.3 Å². The molecule has 14 heteroatoms. The fourth-order valence-corrected chi connectivity index (χ4v) is 11.2. The van der Waals surface area contributed by atoms with Crippen LogP contribution in [0.5, 0.6) is 5.75 Å². The van der Waals surface area contributed by atoms with Crippen LogP contribution in [0.15, 0.2) is 48.6 Å². The van der Waals surface area contributed by atoms with Crippen LogP contribution >= 0.6 is 11.6 Å². The lowest BCUT2D eigenvalue weighted by atomic mass is 9.68. The van der Waals surface area contributed by atoms with E-state index in [0.29, 0.717) is 31.2 Å². The molecule has 2 heterocycles. The number of sulfone groups is 1. The molecule has 2 aliphatic heterocycles. The Labute approximate surface area is 316 Å². The van der Waals surface area contributed by atoms with E-state index in [-0.39, 0.29) is 46.9 Å². The largest absolute Gasteiger partial charge is 0.490 e. The van der Waals surface area contributed by atoms with Gasteiger partial charge in [-0.15, -0.1) is 0 Å². The molecule has 1 amide bonds. The molecule has 6 rings (SSSR count). The van der Waals surface area contributed by atoms with E-state index in [9.17, 15) is 21.6 Å². The van der Waals surface area contributed by atoms with E-state index in [4.69, 9.17) is 20.8 Å². The first-order valence-electron chi connectivity index (χ1n) is 18.4. The Morgan fingerprint density at radius 1 is 1.13 bits per heavy atom. The monoisotopic (exact) mass is 791 g/mol. The quantitative estimate of drug-likeness (QED) is 0.269. The van der Waals surface area contributed by atoms with Crippen molar-refractivity contribution < 1.29 is 30.8 Å². The van der Waals surface area contributed by atoms with Crippen LogP contribution < -0.4 is 14.4 Å². The maximum atomic E-state index is 13.7. The molecule has 4 atom stereocenters. The SMILES string of the molecule is CC(C)(C)[Si](C)(C)O[C@H]1/C=C\CCN(CCS(C)(=O)=O)S(=O)(=O)NC(=O)c2ccc3c(c2)N(C[C@@H]2CC[C@H]21)C[C@@]1(CCCc2cc(Cl)ccc21)CO3. The van der Waals surface area contributed by atoms with Gasteiger partial charge in [0, 0.05) is 48.4 Å². The minimum absolute atomic E-state index is 0.00875. The average Bonchev–Trinajstić information content (AvgIpc) is 3.17. The second-order valence-electron chi connectivity index (χ2n) is 16.8. The number of benzene rings is 2. The molecule has 286 valence electrons. The zero-order valence-electron chi connectivity index (χ0n) is 31.3. The van der Waals surface area contributed by atoms with Crippen molar-refractivity contribution in [2.45, 2.75) is 88.9 Å². The zero-order valence-corrected chi connectivity index (χ0v) is 34.7. The molecular formula is C38H54ClN3O7S2Si. The number of rotatable bonds is 5. The number of ether oxygens (including phenoxy) is 1. The molecule has 52 heavy (non-hydrogen) atoms. The normalized spacial score (nSPS) is 27.7. The van der Waals surface area contributed by atoms with Crippen molar-refractivity contribution in [3.8, 4) is 5.75 Å². The highest BCUT2D eigenvalue weighted by molar-refractivity contribution is 7.90. The Balaban J connectivity index is 1.43. The topological polar surface area (TPSA) is 122 Å². The van der Waals surface area contributed by atoms with Gasteiger partial charge in [0.1, 0.15) is 15.6 Å². The fraction of sp³-hybridized carbons (Fsp3) is 0.605. The standard InChI is InChI=1S/C38H54ClN3O7S2Si/c1-37(2,3)52(5,6)49-34-11-7-8-19-42(20-21-50(4,44)45)51(46,47)40-36(43)28-13-17-35-33(23-28)41(24-29-12-15-31(29)34)25-38(26-48-35)18-9-10-27-22-30(39)14-16-32(27)38/h7,11,13-14,16-17,22-23,29,31,34H,8-10,12,15,18-21,24-26H2,1-6H3,(H,40,43)/b11-7-/t29-,31+,34-,38-/m0/s1. The molecule has 10 nitrogen and oxygen atoms in total. The van der Waals surface area contributed by atoms with Gasteiger partial charge in [0.15, 0.2) is 8.32 Å². The second kappa shape index (κ2) is 14.7. The van der Waals surface area contributed by atoms with Crippen LogP contribution in [0.1, 0.15) is 74.4 Å². The van der Waals surface area contributed by atoms with Crippen LogP contribution in [0.4, 0.5) is 5.69 Å². The smallest absolute Gasteiger partial charge is 0.304 e. The molecule has 0 radical (unpaired) electrons. The van der Waals surface area contributed by atoms with Gasteiger partial charge in [-0.1, -0.05) is 50.6 Å². The Bertz CT molecular complexity index is 1930. The van der Waals surface area contributed by atoms with Crippen LogP contribution in [0.25, 0.3) is 0 Å². The number of nitrogens with zero attached hydrogens (tertiary/aromatic N) is 2. The van der Waals surface area contributed by atoms with E-state index in [1.165, 1.54) is 11.1 Å². The third-order valence-corrected chi connectivity index (χ3v) is 19.2. The molecule has 1 N–H and O–H groups in total. The molecule has 0 aromatic heterocycles. The van der Waals surface area contributed by atoms with Crippen molar-refractivity contribution in [1.29, 1.82) is 0 Å². The Morgan fingerprint density at radius 2 is 1.90 bits per heavy atom. The van der Waals surface area contributed by atoms with Gasteiger partial charge in [0.25, 0.3) is 5.91 Å². The molecule has 2 aromatic rings. The van der Waals surface area contributed by atoms with Gasteiger partial charge in [0.2, 0.25) is 0 Å². The van der Waals surface area contributed by atoms with Crippen molar-refractivity contribution in [2.75, 3.05) is 49.7 Å². The molecule has 1 saturated carbocycles. The lowest BCUT2D eigenvalue weighted by molar-refractivity contribution is 0.0524. The molecule has 0 saturated heterocycles. The first kappa shape index (κ1) is 39.3. The van der Waals surface area contributed by atoms with Crippen LogP contribution in [0, 0.1) is 11.8 Å². The van der Waals surface area contributed by atoms with Crippen LogP contribution in [-0.2, 0) is 36.3 Å². The molecule has 2 aromatic carbocycles. The lowest BCUT2D eigenvalue weighted by Crippen LogP contribution is -2.52. The van der Waals surface area contributed by atoms with Crippen LogP contribution in [0.2, 0.25) is 23.2 Å². The van der Waals surface area contributed by atoms with Crippen LogP contribution in [0.3, 0.4) is 0 Å². The molecule has 1 spiro atoms. The van der Waals surface area contributed by atoms with Crippen molar-refractivity contribution in [3.63, 3.8) is 0 Å². The predicted octanol–water partition coefficient (Wildman–Crippen LogP) is 6.51. The van der Waals surface area contributed by atoms with Gasteiger partial charge < -0.3 is 14.1 Å². The first-order valence-corrected chi connectivity index (χ1v) is 25.2. The summed E-state index contributed by atoms with van der Waals surface area (Å²) < 4.78 is 68.6. The fourth-order valence-electron chi connectivity index (χ4n) is 7.89. The first-order chi connectivity index (χ1) is 24.3. The summed E-state index contributed by atoms with van der Waals surface area (Å²) in [6, 6.07) is 11.3. The van der Waals surface area contributed by atoms with Crippen LogP contribution in [-0.4, -0.2) is 86.3 Å². The number of aryl methyl sites for hydroxylation is 1. The maximum absolute atomic E-state index is 13.7. The van der Waals surface area contributed by atoms with E-state index in [0.717, 1.165) is 59.9 Å². The number of anilines is 1. The highest BCUT2D eigenvalue weighted by atomic mass is 35.5. The van der Waals surface area contributed by atoms with Gasteiger partial charge in [-0.2, -0.15) is 12.7 Å². The minimum atomic E-state index is -4.39. The summed E-state index contributed by atoms with van der Waals surface area (Å²) in [7, 11) is -10.1. The third kappa shape index (κ3) is 8.44. The molecule has 1 fully saturated rings. The van der Waals surface area contributed by atoms with E-state index >= 15 is 0 Å². The maximum Gasteiger partial charge on any atom is 0.304 e. The number of carbonyl (C=O) groups excluding carboxylic acids is 1. The molecule has 2 aliphatic carbocycles. The summed E-state index contributed by atoms with van der Waals surface area (Å²) in [5.41, 5.74) is 3.12. The molecule has 2 bridgehead atoms. The van der Waals surface area contributed by atoms with E-state index in [1.807, 2.05) is 12.1 Å². The Hall–Kier alpha value is -2.42. The summed E-state index contributed by atoms with van der Waals surface area (Å²) in [4.78, 5) is 16.1. The van der Waals surface area contributed by atoms with Gasteiger partial charge in [-0.3, -0.25) is 4.79 Å². The molecule has 4 aliphatic rings. The average molecular weight is 793 g/mol. The van der Waals surface area contributed by atoms with E-state index in [2.05, 4.69) is 61.7 Å². The zero-order chi connectivity index (χ0) is 37.7. The van der Waals surface area contributed by atoms with Gasteiger partial charge in [-0.05, 0) is 110 Å². The minimum Gasteiger partial charge on any atom is -0.490 e. The summed E-state index contributed by atoms with van der Waals surface area (Å²) in [5.74, 6) is 0.0620. The molecule has 0 unspecified atom stereocenters. The van der Waals surface area contributed by atoms with Gasteiger partial charge in [-0.25, -0.2) is 13.1 Å². The number of hydrogen-bond donors (Lipinski definition) is 1. The van der Waals surface area contributed by atoms with Crippen molar-refractivity contribution in [1.82, 2.24) is 9.03 Å². The number of amides is 1. The van der Waals surface area contributed by atoms with Crippen molar-refractivity contribution in [2.24, 2.45) is 11.8 Å². The number of halogens is 1. The third-order valence-electron chi connectivity index (χ3n) is 12.0. The summed E-state index contributed by atoms with van der Waals surface area (Å²) >= 11 is 6.47. The van der Waals surface area contributed by atoms with Crippen molar-refractivity contribution >= 4 is 51.6 Å². The summed E-state index contributed by atoms with van der Waals surface area (Å²) in [6.07, 6.45) is 10.3. The van der Waals surface area contributed by atoms with Gasteiger partial charge in [0.05, 0.1) is 24.2 Å². The number of hydrogen-bond acceptors (Lipinski definition) is 8. The number of carbonyl (C=O) groups is 1. The number of nitrogens with one attached hydrogen (secondary N) is 1. The molecular weight excluding hydrogens is 738 g/mol. The summed E-state index contributed by atoms with van der Waals surface area (Å²) in [6.45, 7) is 12.8. The predicted molar refractivity (Wildman–Crippen MR) is 210 cm³/mol. The Kier molecular flexibility index (Phi) is 11.1. The number of fused-ring (bicyclic) bond motifs is 4. The highest BCUT2D eigenvalue weighted by Crippen LogP contribution is 2.48. The van der Waals surface area contributed by atoms with Gasteiger partial charge >= 0.3 is 10.2 Å². The van der Waals surface area contributed by atoms with E-state index < -0.39 is 34.3 Å². The summed E-state index contributed by atoms with van der Waals surface area (Å²) in [5, 5.41) is 0.711. The lowest BCUT2D eigenvalue weighted by Gasteiger charge is -2.48. The second-order valence-corrected chi connectivity index (χ2v) is 25.9. The Morgan fingerprint density at radius 3 is 2.60 bits per heavy atom.